The van der Waals surface area contributed by atoms with E-state index in [1.54, 1.807) is 0 Å². The van der Waals surface area contributed by atoms with Crippen molar-refractivity contribution in [2.45, 2.75) is 19.9 Å². The van der Waals surface area contributed by atoms with Crippen molar-refractivity contribution in [2.24, 2.45) is 0 Å². The molecule has 0 amide bonds. The van der Waals surface area contributed by atoms with Gasteiger partial charge in [0.05, 0.1) is 0 Å². The van der Waals surface area contributed by atoms with Crippen molar-refractivity contribution < 1.29 is 0 Å². The molecule has 0 radical (unpaired) electrons. The van der Waals surface area contributed by atoms with E-state index in [1.165, 1.54) is 5.70 Å². The van der Waals surface area contributed by atoms with E-state index in [0.29, 0.717) is 6.04 Å². The Hall–Kier alpha value is 0.0100. The van der Waals surface area contributed by atoms with Crippen LogP contribution in [-0.4, -0.2) is 18.0 Å². The van der Waals surface area contributed by atoms with Crippen molar-refractivity contribution in [2.75, 3.05) is 7.05 Å². The van der Waals surface area contributed by atoms with E-state index in [4.69, 9.17) is 0 Å². The molecule has 0 saturated carbocycles. The average Bonchev–Trinajstić information content (AvgIpc) is 1.83. The Kier molecular flexibility index (Phi) is 4.01. The van der Waals surface area contributed by atoms with E-state index < -0.39 is 0 Å². The zero-order valence-corrected chi connectivity index (χ0v) is 9.00. The molecule has 1 heterocycles. The number of nitrogens with zero attached hydrogens (tertiary/aromatic N) is 1. The summed E-state index contributed by atoms with van der Waals surface area (Å²) in [4.78, 5) is 2.25. The molecule has 1 unspecified atom stereocenters. The van der Waals surface area contributed by atoms with Gasteiger partial charge in [-0.05, 0) is 19.9 Å². The summed E-state index contributed by atoms with van der Waals surface area (Å²) in [5.74, 6) is 0. The van der Waals surface area contributed by atoms with Gasteiger partial charge in [-0.3, -0.25) is 0 Å². The van der Waals surface area contributed by atoms with E-state index in [-0.39, 0.29) is 24.0 Å². The van der Waals surface area contributed by atoms with Crippen LogP contribution in [-0.2, 0) is 0 Å². The van der Waals surface area contributed by atoms with Crippen molar-refractivity contribution >= 4 is 24.0 Å². The zero-order valence-electron chi connectivity index (χ0n) is 6.66. The quantitative estimate of drug-likeness (QED) is 0.597. The van der Waals surface area contributed by atoms with Gasteiger partial charge in [-0.25, -0.2) is 0 Å². The minimum absolute atomic E-state index is 0. The molecule has 0 aliphatic carbocycles. The molecule has 0 spiro atoms. The van der Waals surface area contributed by atoms with Gasteiger partial charge in [0.15, 0.2) is 0 Å². The van der Waals surface area contributed by atoms with Gasteiger partial charge in [-0.15, -0.1) is 24.0 Å². The maximum atomic E-state index is 2.25. The highest BCUT2D eigenvalue weighted by molar-refractivity contribution is 14.0. The number of likely N-dealkylation sites (N-methyl/N-ethyl adjacent to an activating group) is 1. The fourth-order valence-corrected chi connectivity index (χ4v) is 0.923. The molecule has 1 rings (SSSR count). The standard InChI is InChI=1S/C8H13N.HI/c1-7-5-4-6-8(2)9(7)3;/h4-7H,1-3H3;1H. The first kappa shape index (κ1) is 10.0. The van der Waals surface area contributed by atoms with E-state index in [1.807, 2.05) is 0 Å². The van der Waals surface area contributed by atoms with Gasteiger partial charge in [0.25, 0.3) is 0 Å². The number of halogens is 1. The molecule has 0 aromatic heterocycles. The van der Waals surface area contributed by atoms with Gasteiger partial charge < -0.3 is 4.90 Å². The van der Waals surface area contributed by atoms with E-state index in [0.717, 1.165) is 0 Å². The summed E-state index contributed by atoms with van der Waals surface area (Å²) in [6, 6.07) is 0.565. The Morgan fingerprint density at radius 3 is 2.50 bits per heavy atom. The van der Waals surface area contributed by atoms with E-state index >= 15 is 0 Å². The summed E-state index contributed by atoms with van der Waals surface area (Å²) in [6.07, 6.45) is 6.42. The molecule has 1 atom stereocenters. The third-order valence-corrected chi connectivity index (χ3v) is 1.89. The first-order valence-corrected chi connectivity index (χ1v) is 3.30. The van der Waals surface area contributed by atoms with Crippen molar-refractivity contribution in [1.29, 1.82) is 0 Å². The fraction of sp³-hybridized carbons (Fsp3) is 0.500. The highest BCUT2D eigenvalue weighted by atomic mass is 127. The lowest BCUT2D eigenvalue weighted by molar-refractivity contribution is 0.369. The van der Waals surface area contributed by atoms with Gasteiger partial charge in [0.2, 0.25) is 0 Å². The van der Waals surface area contributed by atoms with Crippen LogP contribution in [0, 0.1) is 0 Å². The summed E-state index contributed by atoms with van der Waals surface area (Å²) >= 11 is 0. The van der Waals surface area contributed by atoms with Crippen LogP contribution in [0.2, 0.25) is 0 Å². The first-order valence-electron chi connectivity index (χ1n) is 3.30. The fourth-order valence-electron chi connectivity index (χ4n) is 0.923. The lowest BCUT2D eigenvalue weighted by Gasteiger charge is -2.27. The van der Waals surface area contributed by atoms with E-state index in [2.05, 4.69) is 44.0 Å². The Balaban J connectivity index is 0.000000810. The van der Waals surface area contributed by atoms with Gasteiger partial charge in [-0.2, -0.15) is 0 Å². The molecule has 0 aromatic rings. The normalized spacial score (nSPS) is 23.7. The van der Waals surface area contributed by atoms with Crippen LogP contribution in [0.5, 0.6) is 0 Å². The first-order chi connectivity index (χ1) is 4.22. The molecular weight excluding hydrogens is 237 g/mol. The van der Waals surface area contributed by atoms with Crippen molar-refractivity contribution in [3.05, 3.63) is 23.9 Å². The van der Waals surface area contributed by atoms with Crippen LogP contribution in [0.3, 0.4) is 0 Å². The second-order valence-electron chi connectivity index (χ2n) is 2.54. The molecule has 0 N–H and O–H groups in total. The molecule has 1 nitrogen and oxygen atoms in total. The van der Waals surface area contributed by atoms with Gasteiger partial charge in [0, 0.05) is 18.8 Å². The van der Waals surface area contributed by atoms with Gasteiger partial charge in [-0.1, -0.05) is 12.2 Å². The highest BCUT2D eigenvalue weighted by Crippen LogP contribution is 2.11. The highest BCUT2D eigenvalue weighted by Gasteiger charge is 2.07. The molecule has 0 aromatic carbocycles. The van der Waals surface area contributed by atoms with Crippen LogP contribution in [0.15, 0.2) is 23.9 Å². The molecule has 10 heavy (non-hydrogen) atoms. The minimum Gasteiger partial charge on any atom is -0.372 e. The summed E-state index contributed by atoms with van der Waals surface area (Å²) in [5.41, 5.74) is 1.34. The van der Waals surface area contributed by atoms with Crippen LogP contribution >= 0.6 is 24.0 Å². The summed E-state index contributed by atoms with van der Waals surface area (Å²) in [7, 11) is 2.11. The molecule has 1 aliphatic rings. The largest absolute Gasteiger partial charge is 0.372 e. The Morgan fingerprint density at radius 2 is 2.10 bits per heavy atom. The molecule has 2 heteroatoms. The predicted octanol–water partition coefficient (Wildman–Crippen LogP) is 2.40. The molecule has 58 valence electrons. The Labute approximate surface area is 79.8 Å². The summed E-state index contributed by atoms with van der Waals surface area (Å²) in [6.45, 7) is 4.31. The Morgan fingerprint density at radius 1 is 1.50 bits per heavy atom. The van der Waals surface area contributed by atoms with Crippen LogP contribution in [0.1, 0.15) is 13.8 Å². The van der Waals surface area contributed by atoms with E-state index in [9.17, 15) is 0 Å². The monoisotopic (exact) mass is 251 g/mol. The summed E-state index contributed by atoms with van der Waals surface area (Å²) in [5, 5.41) is 0. The third kappa shape index (κ3) is 2.01. The number of rotatable bonds is 0. The van der Waals surface area contributed by atoms with Crippen LogP contribution in [0.25, 0.3) is 0 Å². The van der Waals surface area contributed by atoms with Gasteiger partial charge >= 0.3 is 0 Å². The molecule has 0 saturated heterocycles. The molecular formula is C8H14IN. The van der Waals surface area contributed by atoms with Gasteiger partial charge in [0.1, 0.15) is 0 Å². The second kappa shape index (κ2) is 4.01. The smallest absolute Gasteiger partial charge is 0.0441 e. The number of hydrogen-bond acceptors (Lipinski definition) is 1. The number of hydrogen-bond donors (Lipinski definition) is 0. The average molecular weight is 251 g/mol. The minimum atomic E-state index is 0. The molecule has 1 aliphatic heterocycles. The second-order valence-corrected chi connectivity index (χ2v) is 2.54. The lowest BCUT2D eigenvalue weighted by Crippen LogP contribution is -2.26. The lowest BCUT2D eigenvalue weighted by atomic mass is 10.2. The summed E-state index contributed by atoms with van der Waals surface area (Å²) < 4.78 is 0. The van der Waals surface area contributed by atoms with Crippen LogP contribution < -0.4 is 0 Å². The topological polar surface area (TPSA) is 3.24 Å². The Bertz CT molecular complexity index is 161. The maximum Gasteiger partial charge on any atom is 0.0441 e. The SMILES string of the molecule is CC1=CC=CC(C)N1C.I. The zero-order chi connectivity index (χ0) is 6.85. The van der Waals surface area contributed by atoms with Crippen molar-refractivity contribution in [3.63, 3.8) is 0 Å². The molecule has 0 bridgehead atoms. The predicted molar refractivity (Wildman–Crippen MR) is 55.5 cm³/mol. The number of allylic oxidation sites excluding steroid dienone is 3. The van der Waals surface area contributed by atoms with Crippen LogP contribution in [0.4, 0.5) is 0 Å². The van der Waals surface area contributed by atoms with Crippen molar-refractivity contribution in [1.82, 2.24) is 4.90 Å². The van der Waals surface area contributed by atoms with Crippen molar-refractivity contribution in [3.8, 4) is 0 Å². The maximum absolute atomic E-state index is 2.25. The third-order valence-electron chi connectivity index (χ3n) is 1.89. The molecule has 0 fully saturated rings.